The van der Waals surface area contributed by atoms with E-state index >= 15 is 0 Å². The van der Waals surface area contributed by atoms with Crippen LogP contribution in [0.2, 0.25) is 20.1 Å². The maximum absolute atomic E-state index is 6.13. The molecule has 0 saturated carbocycles. The van der Waals surface area contributed by atoms with E-state index in [0.29, 0.717) is 20.1 Å². The lowest BCUT2D eigenvalue weighted by Gasteiger charge is -1.97. The molecule has 17 heavy (non-hydrogen) atoms. The molecule has 1 N–H and O–H groups in total. The summed E-state index contributed by atoms with van der Waals surface area (Å²) >= 11 is 24.1. The largest absolute Gasteiger partial charge is 0.353 e. The van der Waals surface area contributed by atoms with Gasteiger partial charge in [-0.2, -0.15) is 0 Å². The van der Waals surface area contributed by atoms with Gasteiger partial charge in [-0.1, -0.05) is 46.4 Å². The molecule has 1 aromatic heterocycles. The van der Waals surface area contributed by atoms with Crippen LogP contribution in [-0.4, -0.2) is 4.98 Å². The molecule has 3 aromatic rings. The molecule has 3 rings (SSSR count). The topological polar surface area (TPSA) is 15.8 Å². The number of aromatic nitrogens is 1. The number of aromatic amines is 1. The molecule has 0 unspecified atom stereocenters. The second-order valence-corrected chi connectivity index (χ2v) is 5.41. The van der Waals surface area contributed by atoms with Gasteiger partial charge in [-0.3, -0.25) is 0 Å². The Morgan fingerprint density at radius 3 is 2.18 bits per heavy atom. The predicted molar refractivity (Wildman–Crippen MR) is 75.8 cm³/mol. The molecule has 0 atom stereocenters. The van der Waals surface area contributed by atoms with E-state index in [1.807, 2.05) is 12.1 Å². The molecule has 0 aliphatic rings. The summed E-state index contributed by atoms with van der Waals surface area (Å²) in [5.41, 5.74) is 1.72. The molecule has 5 heteroatoms. The van der Waals surface area contributed by atoms with Gasteiger partial charge in [-0.05, 0) is 24.3 Å². The first-order chi connectivity index (χ1) is 8.06. The average Bonchev–Trinajstić information content (AvgIpc) is 2.58. The molecular formula is C12H5Cl4N. The minimum Gasteiger partial charge on any atom is -0.353 e. The molecule has 0 amide bonds. The van der Waals surface area contributed by atoms with Gasteiger partial charge in [0.2, 0.25) is 0 Å². The summed E-state index contributed by atoms with van der Waals surface area (Å²) in [6, 6.07) is 7.14. The molecule has 1 heterocycles. The zero-order valence-corrected chi connectivity index (χ0v) is 11.3. The Hall–Kier alpha value is -0.600. The highest BCUT2D eigenvalue weighted by atomic mass is 35.5. The van der Waals surface area contributed by atoms with Crippen LogP contribution in [0, 0.1) is 0 Å². The van der Waals surface area contributed by atoms with Crippen molar-refractivity contribution in [1.82, 2.24) is 4.98 Å². The number of benzene rings is 2. The first-order valence-electron chi connectivity index (χ1n) is 4.82. The molecule has 0 bridgehead atoms. The molecule has 2 aromatic carbocycles. The summed E-state index contributed by atoms with van der Waals surface area (Å²) in [7, 11) is 0. The quantitative estimate of drug-likeness (QED) is 0.529. The maximum Gasteiger partial charge on any atom is 0.0662 e. The van der Waals surface area contributed by atoms with E-state index in [2.05, 4.69) is 4.98 Å². The van der Waals surface area contributed by atoms with Gasteiger partial charge in [0.05, 0.1) is 20.6 Å². The standard InChI is InChI=1S/C12H5Cl4N/c13-5-1-7-6-3-8(14)9(15)4-11(6)17-12(7)10(16)2-5/h1-4,17H. The summed E-state index contributed by atoms with van der Waals surface area (Å²) in [4.78, 5) is 3.21. The van der Waals surface area contributed by atoms with Crippen molar-refractivity contribution in [3.63, 3.8) is 0 Å². The fourth-order valence-corrected chi connectivity index (χ4v) is 2.79. The van der Waals surface area contributed by atoms with Crippen LogP contribution in [-0.2, 0) is 0 Å². The van der Waals surface area contributed by atoms with Gasteiger partial charge in [0.15, 0.2) is 0 Å². The van der Waals surface area contributed by atoms with E-state index in [-0.39, 0.29) is 0 Å². The number of hydrogen-bond acceptors (Lipinski definition) is 0. The monoisotopic (exact) mass is 303 g/mol. The van der Waals surface area contributed by atoms with Crippen LogP contribution in [0.4, 0.5) is 0 Å². The van der Waals surface area contributed by atoms with Crippen molar-refractivity contribution >= 4 is 68.2 Å². The number of nitrogens with one attached hydrogen (secondary N) is 1. The Morgan fingerprint density at radius 1 is 0.706 bits per heavy atom. The zero-order valence-electron chi connectivity index (χ0n) is 8.32. The van der Waals surface area contributed by atoms with Crippen molar-refractivity contribution in [2.24, 2.45) is 0 Å². The van der Waals surface area contributed by atoms with Crippen LogP contribution in [0.15, 0.2) is 24.3 Å². The van der Waals surface area contributed by atoms with Crippen LogP contribution in [0.5, 0.6) is 0 Å². The molecule has 0 aliphatic carbocycles. The third-order valence-corrected chi connectivity index (χ3v) is 3.90. The van der Waals surface area contributed by atoms with Crippen molar-refractivity contribution < 1.29 is 0 Å². The number of rotatable bonds is 0. The Labute approximate surface area is 117 Å². The van der Waals surface area contributed by atoms with Gasteiger partial charge in [0.25, 0.3) is 0 Å². The summed E-state index contributed by atoms with van der Waals surface area (Å²) < 4.78 is 0. The van der Waals surface area contributed by atoms with Crippen molar-refractivity contribution in [3.05, 3.63) is 44.4 Å². The van der Waals surface area contributed by atoms with E-state index in [9.17, 15) is 0 Å². The van der Waals surface area contributed by atoms with E-state index in [1.165, 1.54) is 0 Å². The van der Waals surface area contributed by atoms with Crippen molar-refractivity contribution in [1.29, 1.82) is 0 Å². The highest BCUT2D eigenvalue weighted by Crippen LogP contribution is 2.36. The minimum atomic E-state index is 0.507. The van der Waals surface area contributed by atoms with E-state index < -0.39 is 0 Å². The zero-order chi connectivity index (χ0) is 12.2. The number of halogens is 4. The van der Waals surface area contributed by atoms with Crippen LogP contribution in [0.25, 0.3) is 21.8 Å². The van der Waals surface area contributed by atoms with Gasteiger partial charge in [0, 0.05) is 21.3 Å². The number of hydrogen-bond donors (Lipinski definition) is 1. The normalized spacial score (nSPS) is 11.5. The van der Waals surface area contributed by atoms with Gasteiger partial charge >= 0.3 is 0 Å². The molecular weight excluding hydrogens is 300 g/mol. The smallest absolute Gasteiger partial charge is 0.0662 e. The van der Waals surface area contributed by atoms with Crippen molar-refractivity contribution in [3.8, 4) is 0 Å². The Balaban J connectivity index is 2.55. The highest BCUT2D eigenvalue weighted by molar-refractivity contribution is 6.44. The molecule has 86 valence electrons. The molecule has 0 saturated heterocycles. The third-order valence-electron chi connectivity index (χ3n) is 2.67. The second-order valence-electron chi connectivity index (χ2n) is 3.75. The van der Waals surface area contributed by atoms with Crippen LogP contribution >= 0.6 is 46.4 Å². The Morgan fingerprint density at radius 2 is 1.41 bits per heavy atom. The van der Waals surface area contributed by atoms with E-state index in [0.717, 1.165) is 21.8 Å². The first kappa shape index (κ1) is 11.5. The van der Waals surface area contributed by atoms with Crippen LogP contribution < -0.4 is 0 Å². The van der Waals surface area contributed by atoms with Crippen molar-refractivity contribution in [2.45, 2.75) is 0 Å². The van der Waals surface area contributed by atoms with Gasteiger partial charge < -0.3 is 4.98 Å². The van der Waals surface area contributed by atoms with Crippen LogP contribution in [0.1, 0.15) is 0 Å². The molecule has 0 aliphatic heterocycles. The molecule has 0 radical (unpaired) electrons. The lowest BCUT2D eigenvalue weighted by atomic mass is 10.1. The summed E-state index contributed by atoms with van der Waals surface area (Å²) in [5.74, 6) is 0. The van der Waals surface area contributed by atoms with Gasteiger partial charge in [-0.25, -0.2) is 0 Å². The van der Waals surface area contributed by atoms with E-state index in [1.54, 1.807) is 12.1 Å². The molecule has 0 spiro atoms. The summed E-state index contributed by atoms with van der Waals surface area (Å²) in [5, 5.41) is 4.09. The minimum absolute atomic E-state index is 0.507. The fourth-order valence-electron chi connectivity index (χ4n) is 1.92. The highest BCUT2D eigenvalue weighted by Gasteiger charge is 2.10. The first-order valence-corrected chi connectivity index (χ1v) is 6.33. The average molecular weight is 305 g/mol. The Kier molecular flexibility index (Phi) is 2.68. The molecule has 0 fully saturated rings. The lowest BCUT2D eigenvalue weighted by molar-refractivity contribution is 1.54. The van der Waals surface area contributed by atoms with Crippen LogP contribution in [0.3, 0.4) is 0 Å². The predicted octanol–water partition coefficient (Wildman–Crippen LogP) is 5.93. The number of H-pyrrole nitrogens is 1. The number of fused-ring (bicyclic) bond motifs is 3. The SMILES string of the molecule is Clc1cc(Cl)c2[nH]c3cc(Cl)c(Cl)cc3c2c1. The fraction of sp³-hybridized carbons (Fsp3) is 0. The lowest BCUT2D eigenvalue weighted by Crippen LogP contribution is -1.71. The maximum atomic E-state index is 6.13. The van der Waals surface area contributed by atoms with Gasteiger partial charge in [-0.15, -0.1) is 0 Å². The summed E-state index contributed by atoms with van der Waals surface area (Å²) in [6.07, 6.45) is 0. The molecule has 1 nitrogen and oxygen atoms in total. The second kappa shape index (κ2) is 3.96. The third kappa shape index (κ3) is 1.78. The summed E-state index contributed by atoms with van der Waals surface area (Å²) in [6.45, 7) is 0. The van der Waals surface area contributed by atoms with Gasteiger partial charge in [0.1, 0.15) is 0 Å². The van der Waals surface area contributed by atoms with E-state index in [4.69, 9.17) is 46.4 Å². The van der Waals surface area contributed by atoms with Crippen molar-refractivity contribution in [2.75, 3.05) is 0 Å². The Bertz CT molecular complexity index is 745.